The monoisotopic (exact) mass is 290 g/mol. The van der Waals surface area contributed by atoms with Crippen LogP contribution >= 0.6 is 11.3 Å². The number of aromatic hydroxyl groups is 1. The van der Waals surface area contributed by atoms with Gasteiger partial charge in [-0.1, -0.05) is 16.8 Å². The molecule has 0 bridgehead atoms. The van der Waals surface area contributed by atoms with E-state index in [4.69, 9.17) is 0 Å². The van der Waals surface area contributed by atoms with Crippen molar-refractivity contribution in [3.63, 3.8) is 0 Å². The molecule has 2 nitrogen and oxygen atoms in total. The Bertz CT molecular complexity index is 617. The molecule has 2 aromatic carbocycles. The molecule has 3 aromatic rings. The van der Waals surface area contributed by atoms with Crippen LogP contribution in [0.5, 0.6) is 5.75 Å². The van der Waals surface area contributed by atoms with Gasteiger partial charge in [0.05, 0.1) is 5.56 Å². The molecule has 0 radical (unpaired) electrons. The number of hydrogen-bond acceptors (Lipinski definition) is 3. The molecule has 0 spiro atoms. The first-order chi connectivity index (χ1) is 7.84. The summed E-state index contributed by atoms with van der Waals surface area (Å²) in [4.78, 5) is 4.45. The Morgan fingerprint density at radius 2 is 1.94 bits per heavy atom. The molecule has 3 rings (SSSR count). The molecule has 0 aliphatic heterocycles. The summed E-state index contributed by atoms with van der Waals surface area (Å²) in [6.07, 6.45) is 0. The molecule has 0 fully saturated rings. The fourth-order valence-electron chi connectivity index (χ4n) is 1.58. The zero-order valence-corrected chi connectivity index (χ0v) is 12.8. The molecule has 4 heteroatoms. The van der Waals surface area contributed by atoms with Gasteiger partial charge in [0, 0.05) is 19.5 Å². The number of hydrogen-bond donors (Lipinski definition) is 1. The zero-order valence-electron chi connectivity index (χ0n) is 9.05. The third-order valence-corrected chi connectivity index (χ3v) is 3.41. The van der Waals surface area contributed by atoms with Crippen molar-refractivity contribution in [2.75, 3.05) is 0 Å². The zero-order chi connectivity index (χ0) is 11.0. The Hall–Kier alpha value is -1.25. The minimum atomic E-state index is 0. The number of fused-ring (bicyclic) bond motifs is 1. The van der Waals surface area contributed by atoms with Crippen molar-refractivity contribution in [3.05, 3.63) is 48.5 Å². The van der Waals surface area contributed by atoms with E-state index in [2.05, 4.69) is 11.1 Å². The fraction of sp³-hybridized carbons (Fsp3) is 0. The van der Waals surface area contributed by atoms with E-state index in [1.807, 2.05) is 30.3 Å². The average molecular weight is 292 g/mol. The maximum absolute atomic E-state index is 9.75. The summed E-state index contributed by atoms with van der Waals surface area (Å²) in [5.41, 5.74) is 1.63. The molecule has 0 saturated heterocycles. The first kappa shape index (κ1) is 12.2. The van der Waals surface area contributed by atoms with Gasteiger partial charge >= 0.3 is 0 Å². The van der Waals surface area contributed by atoms with Gasteiger partial charge in [-0.25, -0.2) is 0 Å². The van der Waals surface area contributed by atoms with E-state index < -0.39 is 0 Å². The van der Waals surface area contributed by atoms with E-state index in [0.29, 0.717) is 0 Å². The minimum absolute atomic E-state index is 0. The first-order valence-corrected chi connectivity index (χ1v) is 5.72. The number of nitrogens with zero attached hydrogens (tertiary/aromatic N) is 1. The quantitative estimate of drug-likeness (QED) is 0.550. The predicted octanol–water partition coefficient (Wildman–Crippen LogP) is 3.47. The van der Waals surface area contributed by atoms with Gasteiger partial charge in [0.1, 0.15) is 10.8 Å². The number of phenols is 1. The molecular formula is C13H8NOSZn-. The molecular weight excluding hydrogens is 284 g/mol. The van der Waals surface area contributed by atoms with Gasteiger partial charge < -0.3 is 5.11 Å². The first-order valence-electron chi connectivity index (χ1n) is 4.90. The summed E-state index contributed by atoms with van der Waals surface area (Å²) in [7, 11) is 0. The molecule has 1 N–H and O–H groups in total. The van der Waals surface area contributed by atoms with E-state index in [9.17, 15) is 5.11 Å². The summed E-state index contributed by atoms with van der Waals surface area (Å²) < 4.78 is 1.08. The second-order valence-corrected chi connectivity index (χ2v) is 4.45. The predicted molar refractivity (Wildman–Crippen MR) is 65.6 cm³/mol. The number of benzene rings is 2. The van der Waals surface area contributed by atoms with Crippen LogP contribution < -0.4 is 0 Å². The normalized spacial score (nSPS) is 10.1. The Kier molecular flexibility index (Phi) is 3.55. The van der Waals surface area contributed by atoms with Crippen molar-refractivity contribution in [1.82, 2.24) is 4.98 Å². The molecule has 0 aliphatic carbocycles. The molecule has 0 aliphatic rings. The summed E-state index contributed by atoms with van der Waals surface area (Å²) in [6, 6.07) is 16.1. The maximum Gasteiger partial charge on any atom is 0.125 e. The van der Waals surface area contributed by atoms with Crippen molar-refractivity contribution in [3.8, 4) is 16.3 Å². The standard InChI is InChI=1S/C13H8NOS.Zn/c15-11-7-3-1-5-9(11)13-14-10-6-2-4-8-12(10)16-13;/h1-5,7-8,15H;/q-1;. The SMILES string of the molecule is Oc1ccccc1-c1nc2[c-]cccc2s1.[Zn]. The molecule has 1 heterocycles. The van der Waals surface area contributed by atoms with Crippen molar-refractivity contribution in [2.45, 2.75) is 0 Å². The summed E-state index contributed by atoms with van der Waals surface area (Å²) in [5.74, 6) is 0.265. The number of phenolic OH excluding ortho intramolecular Hbond substituents is 1. The number of para-hydroxylation sites is 2. The smallest absolute Gasteiger partial charge is 0.125 e. The van der Waals surface area contributed by atoms with Crippen molar-refractivity contribution in [1.29, 1.82) is 0 Å². The Morgan fingerprint density at radius 1 is 1.12 bits per heavy atom. The third-order valence-electron chi connectivity index (χ3n) is 2.35. The van der Waals surface area contributed by atoms with E-state index >= 15 is 0 Å². The fourth-order valence-corrected chi connectivity index (χ4v) is 2.56. The molecule has 1 aromatic heterocycles. The van der Waals surface area contributed by atoms with Crippen LogP contribution in [0.2, 0.25) is 0 Å². The van der Waals surface area contributed by atoms with Crippen LogP contribution in [-0.2, 0) is 19.5 Å². The van der Waals surface area contributed by atoms with E-state index in [0.717, 1.165) is 20.8 Å². The Balaban J connectivity index is 0.00000108. The Morgan fingerprint density at radius 3 is 2.71 bits per heavy atom. The van der Waals surface area contributed by atoms with Crippen LogP contribution in [0.15, 0.2) is 42.5 Å². The molecule has 17 heavy (non-hydrogen) atoms. The largest absolute Gasteiger partial charge is 0.507 e. The van der Waals surface area contributed by atoms with Crippen LogP contribution in [0.25, 0.3) is 20.8 Å². The molecule has 0 unspecified atom stereocenters. The topological polar surface area (TPSA) is 33.1 Å². The van der Waals surface area contributed by atoms with Gasteiger partial charge in [-0.05, 0) is 17.6 Å². The van der Waals surface area contributed by atoms with Gasteiger partial charge in [0.15, 0.2) is 0 Å². The van der Waals surface area contributed by atoms with Gasteiger partial charge in [0.25, 0.3) is 0 Å². The van der Waals surface area contributed by atoms with Crippen LogP contribution in [0.4, 0.5) is 0 Å². The molecule has 0 saturated carbocycles. The third kappa shape index (κ3) is 2.24. The van der Waals surface area contributed by atoms with Gasteiger partial charge in [-0.3, -0.25) is 4.98 Å². The summed E-state index contributed by atoms with van der Waals surface area (Å²) >= 11 is 1.56. The second kappa shape index (κ2) is 4.95. The molecule has 0 atom stereocenters. The summed E-state index contributed by atoms with van der Waals surface area (Å²) in [6.45, 7) is 0. The number of aromatic nitrogens is 1. The number of rotatable bonds is 1. The van der Waals surface area contributed by atoms with Crippen molar-refractivity contribution in [2.24, 2.45) is 0 Å². The van der Waals surface area contributed by atoms with Crippen molar-refractivity contribution >= 4 is 21.6 Å². The van der Waals surface area contributed by atoms with E-state index in [1.165, 1.54) is 0 Å². The minimum Gasteiger partial charge on any atom is -0.507 e. The van der Waals surface area contributed by atoms with Crippen LogP contribution in [0, 0.1) is 6.07 Å². The van der Waals surface area contributed by atoms with Crippen LogP contribution in [0.3, 0.4) is 0 Å². The van der Waals surface area contributed by atoms with Crippen molar-refractivity contribution < 1.29 is 24.6 Å². The average Bonchev–Trinajstić information content (AvgIpc) is 2.73. The van der Waals surface area contributed by atoms with E-state index in [-0.39, 0.29) is 25.2 Å². The Labute approximate surface area is 116 Å². The molecule has 80 valence electrons. The van der Waals surface area contributed by atoms with Crippen LogP contribution in [-0.4, -0.2) is 10.1 Å². The van der Waals surface area contributed by atoms with Gasteiger partial charge in [0.2, 0.25) is 0 Å². The second-order valence-electron chi connectivity index (χ2n) is 3.42. The van der Waals surface area contributed by atoms with Crippen LogP contribution in [0.1, 0.15) is 0 Å². The van der Waals surface area contributed by atoms with Gasteiger partial charge in [-0.2, -0.15) is 35.6 Å². The van der Waals surface area contributed by atoms with Gasteiger partial charge in [-0.15, -0.1) is 0 Å². The number of thiazole rings is 1. The summed E-state index contributed by atoms with van der Waals surface area (Å²) in [5, 5.41) is 10.6. The molecule has 0 amide bonds. The maximum atomic E-state index is 9.75. The van der Waals surface area contributed by atoms with E-state index in [1.54, 1.807) is 23.5 Å².